The maximum atomic E-state index is 13.9. The van der Waals surface area contributed by atoms with E-state index in [1.165, 1.54) is 6.07 Å². The van der Waals surface area contributed by atoms with Gasteiger partial charge in [-0.2, -0.15) is 0 Å². The highest BCUT2D eigenvalue weighted by atomic mass is 19.2. The summed E-state index contributed by atoms with van der Waals surface area (Å²) in [4.78, 5) is 1.83. The molecule has 0 spiro atoms. The van der Waals surface area contributed by atoms with Crippen LogP contribution in [0.15, 0.2) is 12.1 Å². The summed E-state index contributed by atoms with van der Waals surface area (Å²) in [6.45, 7) is 7.67. The van der Waals surface area contributed by atoms with Gasteiger partial charge in [-0.15, -0.1) is 0 Å². The van der Waals surface area contributed by atoms with Crippen molar-refractivity contribution in [3.63, 3.8) is 0 Å². The van der Waals surface area contributed by atoms with E-state index in [9.17, 15) is 13.2 Å². The van der Waals surface area contributed by atoms with Gasteiger partial charge < -0.3 is 10.2 Å². The Kier molecular flexibility index (Phi) is 4.58. The second-order valence-electron chi connectivity index (χ2n) is 5.44. The van der Waals surface area contributed by atoms with Gasteiger partial charge in [0.15, 0.2) is 17.5 Å². The number of rotatable bonds is 3. The van der Waals surface area contributed by atoms with E-state index >= 15 is 0 Å². The van der Waals surface area contributed by atoms with Crippen molar-refractivity contribution in [2.24, 2.45) is 5.92 Å². The summed E-state index contributed by atoms with van der Waals surface area (Å²) < 4.78 is 40.3. The Labute approximate surface area is 118 Å². The molecule has 112 valence electrons. The van der Waals surface area contributed by atoms with Crippen molar-refractivity contribution in [2.75, 3.05) is 18.0 Å². The van der Waals surface area contributed by atoms with Gasteiger partial charge in [0.25, 0.3) is 0 Å². The molecule has 0 bridgehead atoms. The van der Waals surface area contributed by atoms with Crippen molar-refractivity contribution in [1.29, 1.82) is 0 Å². The summed E-state index contributed by atoms with van der Waals surface area (Å²) in [5.74, 6) is -3.33. The van der Waals surface area contributed by atoms with E-state index in [-0.39, 0.29) is 11.7 Å². The molecule has 20 heavy (non-hydrogen) atoms. The summed E-state index contributed by atoms with van der Waals surface area (Å²) in [5, 5.41) is 3.42. The standard InChI is InChI=1S/C15H21F3N2/c1-4-19-12-7-8-20(10(3)9(12)2)13-6-5-11(16)14(17)15(13)18/h5-6,9-10,12,19H,4,7-8H2,1-3H3. The summed E-state index contributed by atoms with van der Waals surface area (Å²) in [6.07, 6.45) is 0.859. The number of piperidine rings is 1. The summed E-state index contributed by atoms with van der Waals surface area (Å²) in [7, 11) is 0. The SMILES string of the molecule is CCNC1CCN(c2ccc(F)c(F)c2F)C(C)C1C. The molecule has 1 saturated heterocycles. The number of benzene rings is 1. The summed E-state index contributed by atoms with van der Waals surface area (Å²) >= 11 is 0. The Hall–Kier alpha value is -1.23. The first kappa shape index (κ1) is 15.2. The molecule has 1 aliphatic rings. The van der Waals surface area contributed by atoms with E-state index in [2.05, 4.69) is 19.2 Å². The lowest BCUT2D eigenvalue weighted by molar-refractivity contribution is 0.272. The van der Waals surface area contributed by atoms with Crippen molar-refractivity contribution in [3.05, 3.63) is 29.6 Å². The van der Waals surface area contributed by atoms with Crippen molar-refractivity contribution in [1.82, 2.24) is 5.32 Å². The van der Waals surface area contributed by atoms with Crippen molar-refractivity contribution >= 4 is 5.69 Å². The highest BCUT2D eigenvalue weighted by Gasteiger charge is 2.33. The summed E-state index contributed by atoms with van der Waals surface area (Å²) in [6, 6.07) is 2.75. The smallest absolute Gasteiger partial charge is 0.196 e. The van der Waals surface area contributed by atoms with Crippen LogP contribution in [0.3, 0.4) is 0 Å². The predicted octanol–water partition coefficient (Wildman–Crippen LogP) is 3.32. The van der Waals surface area contributed by atoms with Gasteiger partial charge in [0.1, 0.15) is 0 Å². The zero-order chi connectivity index (χ0) is 14.9. The van der Waals surface area contributed by atoms with Crippen LogP contribution in [-0.2, 0) is 0 Å². The van der Waals surface area contributed by atoms with Crippen LogP contribution in [0, 0.1) is 23.4 Å². The van der Waals surface area contributed by atoms with Crippen LogP contribution < -0.4 is 10.2 Å². The molecule has 3 atom stereocenters. The summed E-state index contributed by atoms with van der Waals surface area (Å²) in [5.41, 5.74) is 0.151. The molecule has 0 saturated carbocycles. The first-order chi connectivity index (χ1) is 9.47. The number of hydrogen-bond acceptors (Lipinski definition) is 2. The third kappa shape index (κ3) is 2.64. The lowest BCUT2D eigenvalue weighted by Gasteiger charge is -2.44. The Morgan fingerprint density at radius 2 is 1.90 bits per heavy atom. The van der Waals surface area contributed by atoms with Crippen LogP contribution in [0.5, 0.6) is 0 Å². The fourth-order valence-electron chi connectivity index (χ4n) is 2.99. The number of hydrogen-bond donors (Lipinski definition) is 1. The molecule has 2 nitrogen and oxygen atoms in total. The quantitative estimate of drug-likeness (QED) is 0.858. The molecule has 2 rings (SSSR count). The maximum Gasteiger partial charge on any atom is 0.196 e. The Bertz CT molecular complexity index is 478. The molecule has 0 radical (unpaired) electrons. The molecule has 3 unspecified atom stereocenters. The van der Waals surface area contributed by atoms with Crippen LogP contribution in [0.2, 0.25) is 0 Å². The van der Waals surface area contributed by atoms with E-state index in [1.54, 1.807) is 0 Å². The molecule has 1 fully saturated rings. The molecule has 1 aliphatic heterocycles. The van der Waals surface area contributed by atoms with Gasteiger partial charge in [-0.05, 0) is 37.9 Å². The molecule has 1 N–H and O–H groups in total. The molecule has 0 aliphatic carbocycles. The van der Waals surface area contributed by atoms with E-state index in [1.807, 2.05) is 11.8 Å². The predicted molar refractivity (Wildman–Crippen MR) is 74.4 cm³/mol. The van der Waals surface area contributed by atoms with Gasteiger partial charge in [-0.1, -0.05) is 13.8 Å². The van der Waals surface area contributed by atoms with Crippen molar-refractivity contribution in [2.45, 2.75) is 39.3 Å². The molecular weight excluding hydrogens is 265 g/mol. The van der Waals surface area contributed by atoms with Gasteiger partial charge in [0, 0.05) is 18.6 Å². The number of nitrogens with zero attached hydrogens (tertiary/aromatic N) is 1. The van der Waals surface area contributed by atoms with Crippen LogP contribution in [0.25, 0.3) is 0 Å². The van der Waals surface area contributed by atoms with E-state index < -0.39 is 17.5 Å². The van der Waals surface area contributed by atoms with E-state index in [4.69, 9.17) is 0 Å². The monoisotopic (exact) mass is 286 g/mol. The van der Waals surface area contributed by atoms with Crippen LogP contribution in [-0.4, -0.2) is 25.2 Å². The van der Waals surface area contributed by atoms with Gasteiger partial charge in [-0.25, -0.2) is 13.2 Å². The van der Waals surface area contributed by atoms with Gasteiger partial charge in [0.2, 0.25) is 0 Å². The van der Waals surface area contributed by atoms with Gasteiger partial charge >= 0.3 is 0 Å². The number of halogens is 3. The minimum absolute atomic E-state index is 0.0622. The number of anilines is 1. The molecule has 1 aromatic carbocycles. The molecule has 0 amide bonds. The molecular formula is C15H21F3N2. The van der Waals surface area contributed by atoms with E-state index in [0.717, 1.165) is 19.0 Å². The van der Waals surface area contributed by atoms with Crippen LogP contribution in [0.4, 0.5) is 18.9 Å². The average molecular weight is 286 g/mol. The minimum atomic E-state index is -1.39. The Morgan fingerprint density at radius 1 is 1.20 bits per heavy atom. The third-order valence-corrected chi connectivity index (χ3v) is 4.36. The topological polar surface area (TPSA) is 15.3 Å². The highest BCUT2D eigenvalue weighted by Crippen LogP contribution is 2.32. The molecule has 0 aromatic heterocycles. The first-order valence-corrected chi connectivity index (χ1v) is 7.10. The highest BCUT2D eigenvalue weighted by molar-refractivity contribution is 5.50. The molecule has 1 heterocycles. The zero-order valence-corrected chi connectivity index (χ0v) is 12.1. The van der Waals surface area contributed by atoms with Gasteiger partial charge in [-0.3, -0.25) is 0 Å². The maximum absolute atomic E-state index is 13.9. The van der Waals surface area contributed by atoms with Crippen LogP contribution >= 0.6 is 0 Å². The van der Waals surface area contributed by atoms with Crippen molar-refractivity contribution in [3.8, 4) is 0 Å². The Balaban J connectivity index is 2.25. The Morgan fingerprint density at radius 3 is 2.55 bits per heavy atom. The zero-order valence-electron chi connectivity index (χ0n) is 12.1. The van der Waals surface area contributed by atoms with E-state index in [0.29, 0.717) is 18.5 Å². The largest absolute Gasteiger partial charge is 0.366 e. The average Bonchev–Trinajstić information content (AvgIpc) is 2.43. The molecule has 5 heteroatoms. The molecule has 1 aromatic rings. The normalized spacial score (nSPS) is 26.9. The first-order valence-electron chi connectivity index (χ1n) is 7.10. The third-order valence-electron chi connectivity index (χ3n) is 4.36. The lowest BCUT2D eigenvalue weighted by Crippen LogP contribution is -2.53. The van der Waals surface area contributed by atoms with Crippen LogP contribution in [0.1, 0.15) is 27.2 Å². The minimum Gasteiger partial charge on any atom is -0.366 e. The number of nitrogens with one attached hydrogen (secondary N) is 1. The second kappa shape index (κ2) is 6.04. The van der Waals surface area contributed by atoms with Gasteiger partial charge in [0.05, 0.1) is 5.69 Å². The fourth-order valence-corrected chi connectivity index (χ4v) is 2.99. The second-order valence-corrected chi connectivity index (χ2v) is 5.44. The fraction of sp³-hybridized carbons (Fsp3) is 0.600. The lowest BCUT2D eigenvalue weighted by atomic mass is 9.86. The van der Waals surface area contributed by atoms with Crippen molar-refractivity contribution < 1.29 is 13.2 Å².